The summed E-state index contributed by atoms with van der Waals surface area (Å²) in [5, 5.41) is 0.0336. The van der Waals surface area contributed by atoms with Gasteiger partial charge in [-0.2, -0.15) is 0 Å². The van der Waals surface area contributed by atoms with Gasteiger partial charge in [-0.25, -0.2) is 4.79 Å². The van der Waals surface area contributed by atoms with E-state index in [4.69, 9.17) is 5.73 Å². The van der Waals surface area contributed by atoms with Crippen LogP contribution in [0, 0.1) is 0 Å². The fourth-order valence-electron chi connectivity index (χ4n) is 1.36. The predicted octanol–water partition coefficient (Wildman–Crippen LogP) is -0.0936. The van der Waals surface area contributed by atoms with Crippen molar-refractivity contribution in [3.63, 3.8) is 0 Å². The minimum Gasteiger partial charge on any atom is -0.351 e. The maximum Gasteiger partial charge on any atom is 0.315 e. The van der Waals surface area contributed by atoms with E-state index in [1.54, 1.807) is 4.90 Å². The third-order valence-corrected chi connectivity index (χ3v) is 4.21. The number of amides is 2. The summed E-state index contributed by atoms with van der Waals surface area (Å²) in [6.45, 7) is 4.29. The summed E-state index contributed by atoms with van der Waals surface area (Å²) < 4.78 is 11.3. The van der Waals surface area contributed by atoms with Crippen LogP contribution in [0.4, 0.5) is 4.79 Å². The lowest BCUT2D eigenvalue weighted by molar-refractivity contribution is 0.189. The van der Waals surface area contributed by atoms with Crippen molar-refractivity contribution in [3.05, 3.63) is 0 Å². The van der Waals surface area contributed by atoms with E-state index in [1.807, 2.05) is 13.8 Å². The number of carbonyl (C=O) groups is 1. The van der Waals surface area contributed by atoms with Crippen molar-refractivity contribution in [1.29, 1.82) is 0 Å². The number of urea groups is 1. The highest BCUT2D eigenvalue weighted by atomic mass is 32.2. The average molecular weight is 190 g/mol. The SMILES string of the molecule is CC1C(C)S(=O)CCN1C(N)=O. The van der Waals surface area contributed by atoms with Crippen LogP contribution in [0.3, 0.4) is 0 Å². The van der Waals surface area contributed by atoms with Crippen molar-refractivity contribution >= 4 is 16.8 Å². The molecule has 5 heteroatoms. The molecule has 70 valence electrons. The number of rotatable bonds is 0. The smallest absolute Gasteiger partial charge is 0.315 e. The van der Waals surface area contributed by atoms with Crippen LogP contribution in [-0.2, 0) is 10.8 Å². The molecule has 2 amide bonds. The van der Waals surface area contributed by atoms with Gasteiger partial charge in [-0.15, -0.1) is 0 Å². The van der Waals surface area contributed by atoms with Crippen LogP contribution in [-0.4, -0.2) is 38.7 Å². The van der Waals surface area contributed by atoms with Gasteiger partial charge in [0, 0.05) is 29.1 Å². The second-order valence-corrected chi connectivity index (χ2v) is 4.98. The number of nitrogens with two attached hydrogens (primary N) is 1. The van der Waals surface area contributed by atoms with Crippen LogP contribution in [0.5, 0.6) is 0 Å². The molecule has 0 saturated carbocycles. The highest BCUT2D eigenvalue weighted by Gasteiger charge is 2.31. The Morgan fingerprint density at radius 3 is 2.67 bits per heavy atom. The Labute approximate surface area is 74.6 Å². The van der Waals surface area contributed by atoms with Gasteiger partial charge in [-0.05, 0) is 13.8 Å². The molecule has 0 radical (unpaired) electrons. The summed E-state index contributed by atoms with van der Waals surface area (Å²) in [5.41, 5.74) is 5.15. The first-order valence-electron chi connectivity index (χ1n) is 3.97. The normalized spacial score (nSPS) is 36.5. The summed E-state index contributed by atoms with van der Waals surface area (Å²) in [5.74, 6) is 0.550. The van der Waals surface area contributed by atoms with Crippen molar-refractivity contribution in [1.82, 2.24) is 4.90 Å². The van der Waals surface area contributed by atoms with E-state index in [1.165, 1.54) is 0 Å². The molecule has 0 aromatic rings. The minimum absolute atomic E-state index is 0.00270. The molecule has 0 aromatic carbocycles. The fourth-order valence-corrected chi connectivity index (χ4v) is 2.70. The molecule has 1 fully saturated rings. The van der Waals surface area contributed by atoms with Gasteiger partial charge in [0.2, 0.25) is 0 Å². The van der Waals surface area contributed by atoms with E-state index in [0.717, 1.165) is 0 Å². The van der Waals surface area contributed by atoms with Crippen molar-refractivity contribution < 1.29 is 9.00 Å². The molecule has 1 saturated heterocycles. The minimum atomic E-state index is -0.802. The van der Waals surface area contributed by atoms with E-state index >= 15 is 0 Å². The fraction of sp³-hybridized carbons (Fsp3) is 0.857. The first-order chi connectivity index (χ1) is 5.54. The van der Waals surface area contributed by atoms with Crippen LogP contribution in [0.1, 0.15) is 13.8 Å². The third-order valence-electron chi connectivity index (χ3n) is 2.40. The van der Waals surface area contributed by atoms with E-state index in [9.17, 15) is 9.00 Å². The number of hydrogen-bond acceptors (Lipinski definition) is 2. The lowest BCUT2D eigenvalue weighted by Crippen LogP contribution is -2.54. The molecule has 3 unspecified atom stereocenters. The van der Waals surface area contributed by atoms with Gasteiger partial charge in [0.15, 0.2) is 0 Å². The molecule has 1 aliphatic heterocycles. The summed E-state index contributed by atoms with van der Waals surface area (Å²) in [6, 6.07) is -0.414. The zero-order valence-electron chi connectivity index (χ0n) is 7.32. The van der Waals surface area contributed by atoms with Gasteiger partial charge in [-0.1, -0.05) is 0 Å². The van der Waals surface area contributed by atoms with Gasteiger partial charge < -0.3 is 10.6 Å². The van der Waals surface area contributed by atoms with E-state index in [-0.39, 0.29) is 11.3 Å². The molecule has 0 aromatic heterocycles. The van der Waals surface area contributed by atoms with Crippen LogP contribution in [0.15, 0.2) is 0 Å². The molecule has 0 aliphatic carbocycles. The molecule has 1 rings (SSSR count). The quantitative estimate of drug-likeness (QED) is 0.580. The molecule has 1 aliphatic rings. The standard InChI is InChI=1S/C7H14N2O2S/c1-5-6(2)12(11)4-3-9(5)7(8)10/h5-6H,3-4H2,1-2H3,(H2,8,10). The molecular formula is C7H14N2O2S. The van der Waals surface area contributed by atoms with Crippen LogP contribution in [0.2, 0.25) is 0 Å². The van der Waals surface area contributed by atoms with Crippen LogP contribution < -0.4 is 5.73 Å². The van der Waals surface area contributed by atoms with Gasteiger partial charge in [0.05, 0.1) is 5.25 Å². The Morgan fingerprint density at radius 1 is 1.58 bits per heavy atom. The molecule has 12 heavy (non-hydrogen) atoms. The summed E-state index contributed by atoms with van der Waals surface area (Å²) in [6.07, 6.45) is 0. The van der Waals surface area contributed by atoms with Crippen molar-refractivity contribution in [2.24, 2.45) is 5.73 Å². The predicted molar refractivity (Wildman–Crippen MR) is 48.2 cm³/mol. The number of primary amides is 1. The van der Waals surface area contributed by atoms with E-state index in [0.29, 0.717) is 12.3 Å². The van der Waals surface area contributed by atoms with Gasteiger partial charge >= 0.3 is 6.03 Å². The first kappa shape index (κ1) is 9.51. The Hall–Kier alpha value is -0.580. The summed E-state index contributed by atoms with van der Waals surface area (Å²) in [4.78, 5) is 12.4. The first-order valence-corrected chi connectivity index (χ1v) is 5.35. The second kappa shape index (κ2) is 3.43. The van der Waals surface area contributed by atoms with Crippen molar-refractivity contribution in [2.45, 2.75) is 25.1 Å². The molecule has 4 nitrogen and oxygen atoms in total. The van der Waals surface area contributed by atoms with Crippen molar-refractivity contribution in [3.8, 4) is 0 Å². The van der Waals surface area contributed by atoms with Gasteiger partial charge in [-0.3, -0.25) is 4.21 Å². The zero-order valence-corrected chi connectivity index (χ0v) is 8.13. The average Bonchev–Trinajstić information content (AvgIpc) is 2.00. The van der Waals surface area contributed by atoms with Gasteiger partial charge in [0.25, 0.3) is 0 Å². The topological polar surface area (TPSA) is 63.4 Å². The number of carbonyl (C=O) groups excluding carboxylic acids is 1. The lowest BCUT2D eigenvalue weighted by atomic mass is 10.2. The summed E-state index contributed by atoms with van der Waals surface area (Å²) in [7, 11) is -0.802. The summed E-state index contributed by atoms with van der Waals surface area (Å²) >= 11 is 0. The van der Waals surface area contributed by atoms with E-state index < -0.39 is 16.8 Å². The lowest BCUT2D eigenvalue weighted by Gasteiger charge is -2.35. The molecule has 2 N–H and O–H groups in total. The van der Waals surface area contributed by atoms with Crippen LogP contribution >= 0.6 is 0 Å². The van der Waals surface area contributed by atoms with E-state index in [2.05, 4.69) is 0 Å². The second-order valence-electron chi connectivity index (χ2n) is 3.06. The molecule has 3 atom stereocenters. The Morgan fingerprint density at radius 2 is 2.17 bits per heavy atom. The molecular weight excluding hydrogens is 176 g/mol. The van der Waals surface area contributed by atoms with Crippen LogP contribution in [0.25, 0.3) is 0 Å². The highest BCUT2D eigenvalue weighted by Crippen LogP contribution is 2.15. The highest BCUT2D eigenvalue weighted by molar-refractivity contribution is 7.85. The Balaban J connectivity index is 2.71. The van der Waals surface area contributed by atoms with Crippen molar-refractivity contribution in [2.75, 3.05) is 12.3 Å². The Bertz CT molecular complexity index is 219. The molecule has 0 spiro atoms. The number of nitrogens with zero attached hydrogens (tertiary/aromatic N) is 1. The number of hydrogen-bond donors (Lipinski definition) is 1. The maximum atomic E-state index is 11.3. The van der Waals surface area contributed by atoms with Gasteiger partial charge in [0.1, 0.15) is 0 Å². The zero-order chi connectivity index (χ0) is 9.30. The monoisotopic (exact) mass is 190 g/mol. The molecule has 0 bridgehead atoms. The largest absolute Gasteiger partial charge is 0.351 e. The molecule has 1 heterocycles. The third kappa shape index (κ3) is 1.60. The Kier molecular flexibility index (Phi) is 2.72. The maximum absolute atomic E-state index is 11.3.